The van der Waals surface area contributed by atoms with Crippen molar-refractivity contribution in [3.8, 4) is 28.7 Å². The Kier molecular flexibility index (Phi) is 5.38. The highest BCUT2D eigenvalue weighted by Gasteiger charge is 2.13. The van der Waals surface area contributed by atoms with Crippen LogP contribution in [0.5, 0.6) is 28.7 Å². The molecule has 0 aliphatic rings. The van der Waals surface area contributed by atoms with Gasteiger partial charge in [0.1, 0.15) is 23.6 Å². The molecule has 136 valence electrons. The van der Waals surface area contributed by atoms with Gasteiger partial charge in [0, 0.05) is 19.2 Å². The minimum atomic E-state index is 0.167. The summed E-state index contributed by atoms with van der Waals surface area (Å²) in [5.74, 6) is 2.27. The zero-order valence-electron chi connectivity index (χ0n) is 14.9. The Morgan fingerprint density at radius 3 is 2.58 bits per heavy atom. The Morgan fingerprint density at radius 1 is 1.00 bits per heavy atom. The molecule has 0 radical (unpaired) electrons. The number of hydrogen-bond acceptors (Lipinski definition) is 7. The summed E-state index contributed by atoms with van der Waals surface area (Å²) in [5.41, 5.74) is 1.38. The second kappa shape index (κ2) is 7.88. The van der Waals surface area contributed by atoms with Crippen molar-refractivity contribution < 1.29 is 24.1 Å². The molecule has 0 amide bonds. The van der Waals surface area contributed by atoms with Crippen LogP contribution in [-0.4, -0.2) is 42.7 Å². The van der Waals surface area contributed by atoms with Gasteiger partial charge in [-0.3, -0.25) is 0 Å². The zero-order chi connectivity index (χ0) is 18.5. The van der Waals surface area contributed by atoms with Gasteiger partial charge >= 0.3 is 0 Å². The van der Waals surface area contributed by atoms with Crippen LogP contribution in [0.2, 0.25) is 0 Å². The summed E-state index contributed by atoms with van der Waals surface area (Å²) in [4.78, 5) is 0. The third kappa shape index (κ3) is 3.78. The molecule has 0 fully saturated rings. The number of phenolic OH excluding ortho intramolecular Hbond substituents is 1. The molecule has 0 saturated heterocycles. The van der Waals surface area contributed by atoms with E-state index in [-0.39, 0.29) is 5.75 Å². The monoisotopic (exact) mass is 356 g/mol. The van der Waals surface area contributed by atoms with Crippen LogP contribution in [0.3, 0.4) is 0 Å². The lowest BCUT2D eigenvalue weighted by Crippen LogP contribution is -2.05. The average molecular weight is 356 g/mol. The van der Waals surface area contributed by atoms with Gasteiger partial charge in [-0.25, -0.2) is 0 Å². The van der Waals surface area contributed by atoms with E-state index >= 15 is 0 Å². The molecule has 0 unspecified atom stereocenters. The maximum atomic E-state index is 9.86. The molecule has 1 aromatic heterocycles. The van der Waals surface area contributed by atoms with Crippen LogP contribution >= 0.6 is 0 Å². The standard InChI is InChI=1S/C19H20N2O5/c1-12-4-5-13(8-16(12)22)26-19-11-20-21-15-10-18(25-7-6-23-2)17(24-3)9-14(15)19/h4-5,8-11,22H,6-7H2,1-3H3. The molecule has 7 heteroatoms. The summed E-state index contributed by atoms with van der Waals surface area (Å²) in [6.45, 7) is 2.68. The van der Waals surface area contributed by atoms with Crippen LogP contribution < -0.4 is 14.2 Å². The van der Waals surface area contributed by atoms with Gasteiger partial charge in [-0.2, -0.15) is 10.2 Å². The second-order valence-electron chi connectivity index (χ2n) is 5.62. The molecule has 0 bridgehead atoms. The Labute approximate surface area is 151 Å². The molecule has 0 spiro atoms. The number of nitrogens with zero attached hydrogens (tertiary/aromatic N) is 2. The van der Waals surface area contributed by atoms with Crippen LogP contribution in [0, 0.1) is 6.92 Å². The van der Waals surface area contributed by atoms with Gasteiger partial charge in [0.2, 0.25) is 0 Å². The Balaban J connectivity index is 1.97. The summed E-state index contributed by atoms with van der Waals surface area (Å²) >= 11 is 0. The first kappa shape index (κ1) is 17.8. The summed E-state index contributed by atoms with van der Waals surface area (Å²) < 4.78 is 22.0. The van der Waals surface area contributed by atoms with Crippen molar-refractivity contribution in [3.63, 3.8) is 0 Å². The number of fused-ring (bicyclic) bond motifs is 1. The molecule has 7 nitrogen and oxygen atoms in total. The third-order valence-electron chi connectivity index (χ3n) is 3.84. The van der Waals surface area contributed by atoms with Crippen LogP contribution in [0.25, 0.3) is 10.9 Å². The van der Waals surface area contributed by atoms with E-state index in [1.807, 2.05) is 6.92 Å². The number of aromatic nitrogens is 2. The fraction of sp³-hybridized carbons (Fsp3) is 0.263. The van der Waals surface area contributed by atoms with E-state index < -0.39 is 0 Å². The first-order valence-corrected chi connectivity index (χ1v) is 8.05. The number of rotatable bonds is 7. The number of phenols is 1. The fourth-order valence-electron chi connectivity index (χ4n) is 2.41. The molecule has 3 aromatic rings. The molecule has 3 rings (SSSR count). The molecule has 26 heavy (non-hydrogen) atoms. The lowest BCUT2D eigenvalue weighted by atomic mass is 10.2. The van der Waals surface area contributed by atoms with E-state index in [0.717, 1.165) is 10.9 Å². The number of aryl methyl sites for hydroxylation is 1. The minimum Gasteiger partial charge on any atom is -0.508 e. The Hall–Kier alpha value is -3.06. The van der Waals surface area contributed by atoms with E-state index in [1.165, 1.54) is 6.20 Å². The van der Waals surface area contributed by atoms with Gasteiger partial charge in [-0.15, -0.1) is 0 Å². The summed E-state index contributed by atoms with van der Waals surface area (Å²) in [5, 5.41) is 18.7. The van der Waals surface area contributed by atoms with Crippen LogP contribution in [0.4, 0.5) is 0 Å². The van der Waals surface area contributed by atoms with Crippen molar-refractivity contribution in [1.29, 1.82) is 0 Å². The SMILES string of the molecule is COCCOc1cc2nncc(Oc3ccc(C)c(O)c3)c2cc1OC. The van der Waals surface area contributed by atoms with Crippen LogP contribution in [0.15, 0.2) is 36.5 Å². The molecule has 0 saturated carbocycles. The van der Waals surface area contributed by atoms with Crippen molar-refractivity contribution in [1.82, 2.24) is 10.2 Å². The van der Waals surface area contributed by atoms with E-state index in [4.69, 9.17) is 18.9 Å². The number of benzene rings is 2. The minimum absolute atomic E-state index is 0.167. The highest BCUT2D eigenvalue weighted by atomic mass is 16.5. The lowest BCUT2D eigenvalue weighted by Gasteiger charge is -2.13. The maximum absolute atomic E-state index is 9.86. The molecule has 2 aromatic carbocycles. The number of hydrogen-bond donors (Lipinski definition) is 1. The predicted octanol–water partition coefficient (Wildman–Crippen LogP) is 3.47. The maximum Gasteiger partial charge on any atom is 0.163 e. The smallest absolute Gasteiger partial charge is 0.163 e. The number of ether oxygens (including phenoxy) is 4. The number of methoxy groups -OCH3 is 2. The average Bonchev–Trinajstić information content (AvgIpc) is 2.64. The van der Waals surface area contributed by atoms with Crippen molar-refractivity contribution >= 4 is 10.9 Å². The van der Waals surface area contributed by atoms with Crippen LogP contribution in [-0.2, 0) is 4.74 Å². The molecule has 0 atom stereocenters. The van der Waals surface area contributed by atoms with Crippen LogP contribution in [0.1, 0.15) is 5.56 Å². The largest absolute Gasteiger partial charge is 0.508 e. The fourth-order valence-corrected chi connectivity index (χ4v) is 2.41. The van der Waals surface area contributed by atoms with Gasteiger partial charge in [0.25, 0.3) is 0 Å². The summed E-state index contributed by atoms with van der Waals surface area (Å²) in [6, 6.07) is 8.65. The first-order valence-electron chi connectivity index (χ1n) is 8.05. The molecule has 0 aliphatic carbocycles. The lowest BCUT2D eigenvalue weighted by molar-refractivity contribution is 0.144. The van der Waals surface area contributed by atoms with Crippen molar-refractivity contribution in [2.45, 2.75) is 6.92 Å². The topological polar surface area (TPSA) is 82.9 Å². The van der Waals surface area contributed by atoms with Crippen molar-refractivity contribution in [2.24, 2.45) is 0 Å². The van der Waals surface area contributed by atoms with Gasteiger partial charge < -0.3 is 24.1 Å². The zero-order valence-corrected chi connectivity index (χ0v) is 14.9. The summed E-state index contributed by atoms with van der Waals surface area (Å²) in [6.07, 6.45) is 1.52. The first-order chi connectivity index (χ1) is 12.6. The van der Waals surface area contributed by atoms with Gasteiger partial charge in [-0.05, 0) is 24.6 Å². The van der Waals surface area contributed by atoms with E-state index in [0.29, 0.717) is 41.7 Å². The van der Waals surface area contributed by atoms with E-state index in [1.54, 1.807) is 44.6 Å². The highest BCUT2D eigenvalue weighted by molar-refractivity contribution is 5.87. The van der Waals surface area contributed by atoms with E-state index in [9.17, 15) is 5.11 Å². The van der Waals surface area contributed by atoms with Gasteiger partial charge in [0.15, 0.2) is 17.2 Å². The molecular weight excluding hydrogens is 336 g/mol. The molecular formula is C19H20N2O5. The molecule has 1 heterocycles. The Bertz CT molecular complexity index is 914. The van der Waals surface area contributed by atoms with Gasteiger partial charge in [-0.1, -0.05) is 6.07 Å². The second-order valence-corrected chi connectivity index (χ2v) is 5.62. The number of aromatic hydroxyl groups is 1. The van der Waals surface area contributed by atoms with Gasteiger partial charge in [0.05, 0.1) is 25.3 Å². The summed E-state index contributed by atoms with van der Waals surface area (Å²) in [7, 11) is 3.18. The van der Waals surface area contributed by atoms with E-state index in [2.05, 4.69) is 10.2 Å². The molecule has 0 aliphatic heterocycles. The van der Waals surface area contributed by atoms with Crippen molar-refractivity contribution in [3.05, 3.63) is 42.1 Å². The van der Waals surface area contributed by atoms with Crippen molar-refractivity contribution in [2.75, 3.05) is 27.4 Å². The molecule has 1 N–H and O–H groups in total. The Morgan fingerprint density at radius 2 is 1.85 bits per heavy atom. The highest BCUT2D eigenvalue weighted by Crippen LogP contribution is 2.37. The normalized spacial score (nSPS) is 10.7. The quantitative estimate of drug-likeness (QED) is 0.649. The third-order valence-corrected chi connectivity index (χ3v) is 3.84. The predicted molar refractivity (Wildman–Crippen MR) is 96.4 cm³/mol.